The second kappa shape index (κ2) is 4.84. The zero-order valence-corrected chi connectivity index (χ0v) is 11.2. The Bertz CT molecular complexity index is 413. The molecule has 4 heteroatoms. The molecular weight excluding hydrogens is 230 g/mol. The molecule has 0 unspecified atom stereocenters. The molecule has 0 atom stereocenters. The third-order valence-electron chi connectivity index (χ3n) is 3.49. The third-order valence-corrected chi connectivity index (χ3v) is 4.69. The van der Waals surface area contributed by atoms with Crippen molar-refractivity contribution < 1.29 is 0 Å². The second-order valence-corrected chi connectivity index (χ2v) is 5.98. The highest BCUT2D eigenvalue weighted by Gasteiger charge is 2.22. The van der Waals surface area contributed by atoms with Crippen LogP contribution in [0.3, 0.4) is 0 Å². The average Bonchev–Trinajstić information content (AvgIpc) is 2.39. The molecule has 1 fully saturated rings. The molecule has 1 saturated heterocycles. The van der Waals surface area contributed by atoms with Crippen LogP contribution in [0.2, 0.25) is 0 Å². The fraction of sp³-hybridized carbons (Fsp3) is 0.692. The van der Waals surface area contributed by atoms with E-state index in [0.29, 0.717) is 0 Å². The summed E-state index contributed by atoms with van der Waals surface area (Å²) < 4.78 is 0. The molecule has 3 rings (SSSR count). The largest absolute Gasteiger partial charge is 0.356 e. The normalized spacial score (nSPS) is 20.2. The van der Waals surface area contributed by atoms with Crippen molar-refractivity contribution in [3.8, 4) is 0 Å². The molecule has 3 heterocycles. The van der Waals surface area contributed by atoms with Crippen molar-refractivity contribution in [3.63, 3.8) is 0 Å². The number of hydrogen-bond donors (Lipinski definition) is 0. The van der Waals surface area contributed by atoms with Gasteiger partial charge >= 0.3 is 0 Å². The van der Waals surface area contributed by atoms with Gasteiger partial charge in [0, 0.05) is 13.1 Å². The maximum atomic E-state index is 4.70. The molecule has 0 spiro atoms. The molecule has 2 aliphatic heterocycles. The predicted octanol–water partition coefficient (Wildman–Crippen LogP) is 2.81. The SMILES string of the molecule is Cc1nc2c(c(N3CCCCC3)n1)SCCC2. The minimum Gasteiger partial charge on any atom is -0.356 e. The summed E-state index contributed by atoms with van der Waals surface area (Å²) in [6.45, 7) is 4.36. The fourth-order valence-electron chi connectivity index (χ4n) is 2.66. The Morgan fingerprint density at radius 1 is 1.06 bits per heavy atom. The van der Waals surface area contributed by atoms with Gasteiger partial charge in [0.25, 0.3) is 0 Å². The van der Waals surface area contributed by atoms with Crippen LogP contribution in [0.15, 0.2) is 4.90 Å². The van der Waals surface area contributed by atoms with Crippen LogP contribution in [-0.2, 0) is 6.42 Å². The smallest absolute Gasteiger partial charge is 0.146 e. The molecule has 0 radical (unpaired) electrons. The summed E-state index contributed by atoms with van der Waals surface area (Å²) in [6.07, 6.45) is 6.38. The lowest BCUT2D eigenvalue weighted by atomic mass is 10.1. The minimum absolute atomic E-state index is 0.937. The van der Waals surface area contributed by atoms with Crippen LogP contribution in [0.25, 0.3) is 0 Å². The Morgan fingerprint density at radius 2 is 1.88 bits per heavy atom. The average molecular weight is 249 g/mol. The number of aryl methyl sites for hydroxylation is 2. The van der Waals surface area contributed by atoms with Crippen molar-refractivity contribution in [2.45, 2.75) is 43.9 Å². The Labute approximate surface area is 107 Å². The van der Waals surface area contributed by atoms with Crippen molar-refractivity contribution in [2.75, 3.05) is 23.7 Å². The molecule has 17 heavy (non-hydrogen) atoms. The first kappa shape index (κ1) is 11.3. The molecule has 0 aliphatic carbocycles. The first-order chi connectivity index (χ1) is 8.34. The van der Waals surface area contributed by atoms with Crippen molar-refractivity contribution in [1.29, 1.82) is 0 Å². The molecule has 92 valence electrons. The number of nitrogens with zero attached hydrogens (tertiary/aromatic N) is 3. The highest BCUT2D eigenvalue weighted by molar-refractivity contribution is 7.99. The number of piperidine rings is 1. The molecule has 1 aromatic rings. The number of rotatable bonds is 1. The molecule has 1 aromatic heterocycles. The Morgan fingerprint density at radius 3 is 2.71 bits per heavy atom. The van der Waals surface area contributed by atoms with Crippen molar-refractivity contribution >= 4 is 17.6 Å². The molecule has 0 saturated carbocycles. The van der Waals surface area contributed by atoms with Crippen LogP contribution in [0.5, 0.6) is 0 Å². The van der Waals surface area contributed by atoms with E-state index in [1.807, 2.05) is 18.7 Å². The topological polar surface area (TPSA) is 29.0 Å². The highest BCUT2D eigenvalue weighted by atomic mass is 32.2. The lowest BCUT2D eigenvalue weighted by Gasteiger charge is -2.31. The number of anilines is 1. The first-order valence-corrected chi connectivity index (χ1v) is 7.58. The van der Waals surface area contributed by atoms with Crippen molar-refractivity contribution in [3.05, 3.63) is 11.5 Å². The van der Waals surface area contributed by atoms with E-state index in [-0.39, 0.29) is 0 Å². The Kier molecular flexibility index (Phi) is 3.23. The summed E-state index contributed by atoms with van der Waals surface area (Å²) in [4.78, 5) is 13.1. The summed E-state index contributed by atoms with van der Waals surface area (Å²) in [7, 11) is 0. The van der Waals surface area contributed by atoms with Crippen molar-refractivity contribution in [2.24, 2.45) is 0 Å². The van der Waals surface area contributed by atoms with Gasteiger partial charge in [0.15, 0.2) is 0 Å². The fourth-order valence-corrected chi connectivity index (χ4v) is 3.77. The van der Waals surface area contributed by atoms with Gasteiger partial charge in [0.05, 0.1) is 10.6 Å². The summed E-state index contributed by atoms with van der Waals surface area (Å²) in [5, 5.41) is 0. The van der Waals surface area contributed by atoms with Gasteiger partial charge in [0.2, 0.25) is 0 Å². The van der Waals surface area contributed by atoms with Crippen LogP contribution in [0.1, 0.15) is 37.2 Å². The van der Waals surface area contributed by atoms with Crippen LogP contribution in [-0.4, -0.2) is 28.8 Å². The maximum Gasteiger partial charge on any atom is 0.146 e. The maximum absolute atomic E-state index is 4.70. The van der Waals surface area contributed by atoms with Gasteiger partial charge in [-0.1, -0.05) is 0 Å². The summed E-state index contributed by atoms with van der Waals surface area (Å²) in [5.74, 6) is 3.38. The molecular formula is C13H19N3S. The summed E-state index contributed by atoms with van der Waals surface area (Å²) in [6, 6.07) is 0. The number of thioether (sulfide) groups is 1. The molecule has 2 aliphatic rings. The van der Waals surface area contributed by atoms with Crippen LogP contribution in [0.4, 0.5) is 5.82 Å². The van der Waals surface area contributed by atoms with Gasteiger partial charge in [-0.05, 0) is 44.8 Å². The molecule has 0 amide bonds. The van der Waals surface area contributed by atoms with E-state index in [1.54, 1.807) is 0 Å². The highest BCUT2D eigenvalue weighted by Crippen LogP contribution is 2.36. The predicted molar refractivity (Wildman–Crippen MR) is 71.9 cm³/mol. The van der Waals surface area contributed by atoms with Crippen LogP contribution < -0.4 is 4.90 Å². The number of fused-ring (bicyclic) bond motifs is 1. The summed E-state index contributed by atoms with van der Waals surface area (Å²) in [5.41, 5.74) is 1.29. The van der Waals surface area contributed by atoms with E-state index in [1.165, 1.54) is 60.9 Å². The third kappa shape index (κ3) is 2.28. The monoisotopic (exact) mass is 249 g/mol. The van der Waals surface area contributed by atoms with Gasteiger partial charge < -0.3 is 4.90 Å². The van der Waals surface area contributed by atoms with Gasteiger partial charge in [-0.15, -0.1) is 11.8 Å². The zero-order valence-electron chi connectivity index (χ0n) is 10.4. The minimum atomic E-state index is 0.937. The molecule has 3 nitrogen and oxygen atoms in total. The van der Waals surface area contributed by atoms with Gasteiger partial charge in [-0.25, -0.2) is 9.97 Å². The second-order valence-electron chi connectivity index (χ2n) is 4.87. The van der Waals surface area contributed by atoms with E-state index in [2.05, 4.69) is 9.88 Å². The molecule has 0 N–H and O–H groups in total. The van der Waals surface area contributed by atoms with Crippen molar-refractivity contribution in [1.82, 2.24) is 9.97 Å². The van der Waals surface area contributed by atoms with E-state index < -0.39 is 0 Å². The quantitative estimate of drug-likeness (QED) is 0.765. The van der Waals surface area contributed by atoms with E-state index in [0.717, 1.165) is 12.2 Å². The molecule has 0 aromatic carbocycles. The van der Waals surface area contributed by atoms with Gasteiger partial charge in [0.1, 0.15) is 11.6 Å². The van der Waals surface area contributed by atoms with E-state index in [9.17, 15) is 0 Å². The summed E-state index contributed by atoms with van der Waals surface area (Å²) >= 11 is 1.95. The lowest BCUT2D eigenvalue weighted by molar-refractivity contribution is 0.567. The van der Waals surface area contributed by atoms with Crippen LogP contribution in [0, 0.1) is 6.92 Å². The zero-order chi connectivity index (χ0) is 11.7. The molecule has 0 bridgehead atoms. The Balaban J connectivity index is 1.98. The van der Waals surface area contributed by atoms with Gasteiger partial charge in [-0.3, -0.25) is 0 Å². The first-order valence-electron chi connectivity index (χ1n) is 6.60. The standard InChI is InChI=1S/C13H19N3S/c1-10-14-11-6-5-9-17-12(11)13(15-10)16-7-3-2-4-8-16/h2-9H2,1H3. The number of aromatic nitrogens is 2. The lowest BCUT2D eigenvalue weighted by Crippen LogP contribution is -2.31. The Hall–Kier alpha value is -0.770. The van der Waals surface area contributed by atoms with E-state index in [4.69, 9.17) is 4.98 Å². The number of hydrogen-bond acceptors (Lipinski definition) is 4. The van der Waals surface area contributed by atoms with E-state index >= 15 is 0 Å². The van der Waals surface area contributed by atoms with Gasteiger partial charge in [-0.2, -0.15) is 0 Å². The van der Waals surface area contributed by atoms with Crippen LogP contribution >= 0.6 is 11.8 Å².